The molecule has 0 unspecified atom stereocenters. The van der Waals surface area contributed by atoms with Gasteiger partial charge in [-0.15, -0.1) is 0 Å². The predicted molar refractivity (Wildman–Crippen MR) is 99.2 cm³/mol. The maximum absolute atomic E-state index is 13.9. The maximum Gasteiger partial charge on any atom is 0.338 e. The largest absolute Gasteiger partial charge is 0.488 e. The molecule has 0 radical (unpaired) electrons. The lowest BCUT2D eigenvalue weighted by molar-refractivity contribution is 0.0375. The van der Waals surface area contributed by atoms with Crippen molar-refractivity contribution in [3.05, 3.63) is 64.0 Å². The van der Waals surface area contributed by atoms with E-state index < -0.39 is 0 Å². The number of carbonyl (C=O) groups is 1. The van der Waals surface area contributed by atoms with E-state index in [0.717, 1.165) is 29.5 Å². The van der Waals surface area contributed by atoms with Crippen LogP contribution >= 0.6 is 0 Å². The highest BCUT2D eigenvalue weighted by molar-refractivity contribution is 5.91. The Morgan fingerprint density at radius 1 is 1.19 bits per heavy atom. The Kier molecular flexibility index (Phi) is 5.30. The quantitative estimate of drug-likeness (QED) is 0.644. The van der Waals surface area contributed by atoms with Gasteiger partial charge in [-0.25, -0.2) is 9.18 Å². The summed E-state index contributed by atoms with van der Waals surface area (Å²) in [5, 5.41) is 0. The summed E-state index contributed by atoms with van der Waals surface area (Å²) in [7, 11) is 0. The first-order chi connectivity index (χ1) is 12.4. The molecule has 3 rings (SSSR count). The molecule has 0 saturated heterocycles. The molecule has 0 aliphatic heterocycles. The van der Waals surface area contributed by atoms with Crippen LogP contribution in [0.1, 0.15) is 65.2 Å². The summed E-state index contributed by atoms with van der Waals surface area (Å²) >= 11 is 0. The lowest BCUT2D eigenvalue weighted by Gasteiger charge is -2.17. The Labute approximate surface area is 154 Å². The molecule has 26 heavy (non-hydrogen) atoms. The smallest absolute Gasteiger partial charge is 0.338 e. The van der Waals surface area contributed by atoms with Crippen LogP contribution < -0.4 is 4.74 Å². The molecule has 0 spiro atoms. The van der Waals surface area contributed by atoms with Crippen LogP contribution in [0, 0.1) is 19.7 Å². The number of halogens is 1. The molecule has 0 amide bonds. The van der Waals surface area contributed by atoms with E-state index in [0.29, 0.717) is 22.8 Å². The van der Waals surface area contributed by atoms with Gasteiger partial charge in [0.15, 0.2) is 0 Å². The van der Waals surface area contributed by atoms with Crippen LogP contribution in [-0.2, 0) is 11.3 Å². The Balaban J connectivity index is 1.90. The van der Waals surface area contributed by atoms with Gasteiger partial charge >= 0.3 is 5.97 Å². The molecule has 1 fully saturated rings. The first-order valence-electron chi connectivity index (χ1n) is 9.09. The Morgan fingerprint density at radius 2 is 1.92 bits per heavy atom. The number of carbonyl (C=O) groups excluding carboxylic acids is 1. The summed E-state index contributed by atoms with van der Waals surface area (Å²) in [6.45, 7) is 7.50. The van der Waals surface area contributed by atoms with Gasteiger partial charge < -0.3 is 9.47 Å². The zero-order valence-electron chi connectivity index (χ0n) is 15.8. The first-order valence-corrected chi connectivity index (χ1v) is 9.09. The summed E-state index contributed by atoms with van der Waals surface area (Å²) < 4.78 is 25.2. The number of benzene rings is 2. The highest BCUT2D eigenvalue weighted by Crippen LogP contribution is 2.42. The Morgan fingerprint density at radius 3 is 2.58 bits per heavy atom. The van der Waals surface area contributed by atoms with E-state index in [9.17, 15) is 9.18 Å². The molecule has 0 N–H and O–H groups in total. The lowest BCUT2D eigenvalue weighted by atomic mass is 9.98. The van der Waals surface area contributed by atoms with Gasteiger partial charge in [0.1, 0.15) is 18.2 Å². The van der Waals surface area contributed by atoms with Crippen LogP contribution in [-0.4, -0.2) is 12.1 Å². The summed E-state index contributed by atoms with van der Waals surface area (Å²) in [6.07, 6.45) is 2.05. The molecule has 0 atom stereocenters. The normalized spacial score (nSPS) is 13.8. The van der Waals surface area contributed by atoms with E-state index in [-0.39, 0.29) is 24.5 Å². The molecular weight excluding hydrogens is 331 g/mol. The predicted octanol–water partition coefficient (Wildman–Crippen LogP) is 5.46. The molecule has 0 heterocycles. The molecule has 1 aliphatic rings. The fourth-order valence-corrected chi connectivity index (χ4v) is 3.12. The zero-order valence-corrected chi connectivity index (χ0v) is 15.8. The van der Waals surface area contributed by atoms with Crippen molar-refractivity contribution in [2.45, 2.75) is 59.2 Å². The number of ether oxygens (including phenoxy) is 2. The minimum absolute atomic E-state index is 0.186. The summed E-state index contributed by atoms with van der Waals surface area (Å²) in [6, 6.07) is 8.90. The van der Waals surface area contributed by atoms with Crippen LogP contribution in [0.2, 0.25) is 0 Å². The van der Waals surface area contributed by atoms with Crippen LogP contribution in [0.3, 0.4) is 0 Å². The second-order valence-corrected chi connectivity index (χ2v) is 7.26. The molecule has 2 aromatic carbocycles. The third-order valence-electron chi connectivity index (χ3n) is 4.62. The van der Waals surface area contributed by atoms with Crippen molar-refractivity contribution in [1.29, 1.82) is 0 Å². The van der Waals surface area contributed by atoms with Gasteiger partial charge in [0, 0.05) is 11.6 Å². The third-order valence-corrected chi connectivity index (χ3v) is 4.62. The van der Waals surface area contributed by atoms with E-state index in [4.69, 9.17) is 9.47 Å². The standard InChI is InChI=1S/C22H25FO3/c1-13(2)26-22(24)18-7-5-6-17(16-8-9-16)19(18)12-25-21-11-20(23)14(3)10-15(21)4/h5-7,10-11,13,16H,8-9,12H2,1-4H3. The number of hydrogen-bond acceptors (Lipinski definition) is 3. The fourth-order valence-electron chi connectivity index (χ4n) is 3.12. The van der Waals surface area contributed by atoms with Crippen molar-refractivity contribution in [2.24, 2.45) is 0 Å². The molecule has 0 aromatic heterocycles. The van der Waals surface area contributed by atoms with Crippen LogP contribution in [0.4, 0.5) is 4.39 Å². The number of hydrogen-bond donors (Lipinski definition) is 0. The van der Waals surface area contributed by atoms with Crippen LogP contribution in [0.15, 0.2) is 30.3 Å². The minimum atomic E-state index is -0.340. The van der Waals surface area contributed by atoms with Gasteiger partial charge in [0.05, 0.1) is 11.7 Å². The van der Waals surface area contributed by atoms with Gasteiger partial charge in [-0.3, -0.25) is 0 Å². The highest BCUT2D eigenvalue weighted by Gasteiger charge is 2.29. The average molecular weight is 356 g/mol. The van der Waals surface area contributed by atoms with Gasteiger partial charge in [-0.1, -0.05) is 12.1 Å². The van der Waals surface area contributed by atoms with E-state index in [1.54, 1.807) is 19.1 Å². The Bertz CT molecular complexity index is 822. The van der Waals surface area contributed by atoms with Crippen molar-refractivity contribution < 1.29 is 18.7 Å². The SMILES string of the molecule is Cc1cc(C)c(OCc2c(C(=O)OC(C)C)cccc2C2CC2)cc1F. The lowest BCUT2D eigenvalue weighted by Crippen LogP contribution is -2.16. The molecular formula is C22H25FO3. The molecule has 4 heteroatoms. The summed E-state index contributed by atoms with van der Waals surface area (Å²) in [5.41, 5.74) is 3.98. The molecule has 2 aromatic rings. The van der Waals surface area contributed by atoms with Gasteiger partial charge in [-0.2, -0.15) is 0 Å². The molecule has 1 saturated carbocycles. The van der Waals surface area contributed by atoms with Crippen molar-refractivity contribution in [3.63, 3.8) is 0 Å². The average Bonchev–Trinajstić information content (AvgIpc) is 3.41. The second-order valence-electron chi connectivity index (χ2n) is 7.26. The summed E-state index contributed by atoms with van der Waals surface area (Å²) in [4.78, 5) is 12.5. The first kappa shape index (κ1) is 18.4. The maximum atomic E-state index is 13.9. The van der Waals surface area contributed by atoms with Crippen molar-refractivity contribution in [3.8, 4) is 5.75 Å². The van der Waals surface area contributed by atoms with E-state index in [1.165, 1.54) is 6.07 Å². The van der Waals surface area contributed by atoms with Gasteiger partial charge in [0.2, 0.25) is 0 Å². The topological polar surface area (TPSA) is 35.5 Å². The zero-order chi connectivity index (χ0) is 18.8. The molecule has 3 nitrogen and oxygen atoms in total. The fraction of sp³-hybridized carbons (Fsp3) is 0.409. The Hall–Kier alpha value is -2.36. The van der Waals surface area contributed by atoms with Crippen molar-refractivity contribution >= 4 is 5.97 Å². The van der Waals surface area contributed by atoms with Crippen molar-refractivity contribution in [1.82, 2.24) is 0 Å². The van der Waals surface area contributed by atoms with E-state index in [2.05, 4.69) is 0 Å². The van der Waals surface area contributed by atoms with Crippen LogP contribution in [0.25, 0.3) is 0 Å². The monoisotopic (exact) mass is 356 g/mol. The highest BCUT2D eigenvalue weighted by atomic mass is 19.1. The molecule has 0 bridgehead atoms. The van der Waals surface area contributed by atoms with E-state index >= 15 is 0 Å². The number of esters is 1. The van der Waals surface area contributed by atoms with Crippen molar-refractivity contribution in [2.75, 3.05) is 0 Å². The molecule has 1 aliphatic carbocycles. The van der Waals surface area contributed by atoms with Gasteiger partial charge in [0.25, 0.3) is 0 Å². The number of aryl methyl sites for hydroxylation is 2. The molecule has 138 valence electrons. The minimum Gasteiger partial charge on any atom is -0.488 e. The van der Waals surface area contributed by atoms with Gasteiger partial charge in [-0.05, 0) is 75.3 Å². The second kappa shape index (κ2) is 7.48. The number of rotatable bonds is 6. The summed E-state index contributed by atoms with van der Waals surface area (Å²) in [5.74, 6) is 0.339. The van der Waals surface area contributed by atoms with E-state index in [1.807, 2.05) is 32.9 Å². The van der Waals surface area contributed by atoms with Crippen LogP contribution in [0.5, 0.6) is 5.75 Å². The third kappa shape index (κ3) is 4.06.